The summed E-state index contributed by atoms with van der Waals surface area (Å²) in [5, 5.41) is 0.546. The van der Waals surface area contributed by atoms with Gasteiger partial charge in [0.15, 0.2) is 11.5 Å². The first-order chi connectivity index (χ1) is 17.0. The number of ether oxygens (including phenoxy) is 5. The molecule has 1 atom stereocenters. The van der Waals surface area contributed by atoms with Crippen molar-refractivity contribution in [2.75, 3.05) is 59.4 Å². The van der Waals surface area contributed by atoms with Gasteiger partial charge in [-0.05, 0) is 36.4 Å². The third kappa shape index (κ3) is 5.47. The van der Waals surface area contributed by atoms with E-state index >= 15 is 0 Å². The largest absolute Gasteiger partial charge is 0.490 e. The molecule has 9 nitrogen and oxygen atoms in total. The molecular formula is C25H27ClN2O7. The molecule has 2 aromatic rings. The van der Waals surface area contributed by atoms with Gasteiger partial charge in [0.1, 0.15) is 18.0 Å². The molecule has 0 N–H and O–H groups in total. The van der Waals surface area contributed by atoms with E-state index in [1.54, 1.807) is 52.3 Å². The molecule has 3 aliphatic heterocycles. The van der Waals surface area contributed by atoms with Crippen LogP contribution in [0.15, 0.2) is 42.5 Å². The van der Waals surface area contributed by atoms with Gasteiger partial charge >= 0.3 is 0 Å². The van der Waals surface area contributed by atoms with Crippen molar-refractivity contribution >= 4 is 23.4 Å². The number of hydrogen-bond acceptors (Lipinski definition) is 7. The lowest BCUT2D eigenvalue weighted by atomic mass is 9.96. The topological polar surface area (TPSA) is 86.8 Å². The molecule has 10 heteroatoms. The van der Waals surface area contributed by atoms with E-state index in [1.807, 2.05) is 0 Å². The molecule has 0 saturated carbocycles. The summed E-state index contributed by atoms with van der Waals surface area (Å²) < 4.78 is 28.4. The van der Waals surface area contributed by atoms with Gasteiger partial charge in [0, 0.05) is 30.2 Å². The van der Waals surface area contributed by atoms with E-state index in [1.165, 1.54) is 0 Å². The Kier molecular flexibility index (Phi) is 6.99. The van der Waals surface area contributed by atoms with Gasteiger partial charge in [-0.3, -0.25) is 9.59 Å². The normalized spacial score (nSPS) is 21.6. The summed E-state index contributed by atoms with van der Waals surface area (Å²) in [6, 6.07) is 12.2. The predicted molar refractivity (Wildman–Crippen MR) is 126 cm³/mol. The van der Waals surface area contributed by atoms with Crippen LogP contribution >= 0.6 is 11.6 Å². The molecule has 3 aliphatic rings. The Labute approximate surface area is 208 Å². The van der Waals surface area contributed by atoms with Gasteiger partial charge in [-0.15, -0.1) is 0 Å². The summed E-state index contributed by atoms with van der Waals surface area (Å²) in [7, 11) is 0. The van der Waals surface area contributed by atoms with Crippen LogP contribution in [0.25, 0.3) is 0 Å². The van der Waals surface area contributed by atoms with Gasteiger partial charge in [0.05, 0.1) is 32.8 Å². The van der Waals surface area contributed by atoms with Gasteiger partial charge in [-0.25, -0.2) is 0 Å². The van der Waals surface area contributed by atoms with Crippen LogP contribution in [0.1, 0.15) is 16.8 Å². The predicted octanol–water partition coefficient (Wildman–Crippen LogP) is 2.61. The van der Waals surface area contributed by atoms with Crippen molar-refractivity contribution < 1.29 is 33.3 Å². The van der Waals surface area contributed by atoms with Crippen LogP contribution in [-0.4, -0.2) is 86.6 Å². The van der Waals surface area contributed by atoms with Crippen molar-refractivity contribution in [2.24, 2.45) is 0 Å². The number of morpholine rings is 2. The Hall–Kier alpha value is -3.01. The van der Waals surface area contributed by atoms with Gasteiger partial charge in [0.2, 0.25) is 12.7 Å². The number of halogens is 1. The number of benzene rings is 2. The van der Waals surface area contributed by atoms with Crippen LogP contribution in [0.4, 0.5) is 0 Å². The zero-order chi connectivity index (χ0) is 24.3. The minimum atomic E-state index is -1.01. The van der Waals surface area contributed by atoms with Crippen molar-refractivity contribution in [1.82, 2.24) is 9.80 Å². The molecule has 2 aromatic carbocycles. The second-order valence-corrected chi connectivity index (χ2v) is 9.18. The maximum absolute atomic E-state index is 13.4. The highest BCUT2D eigenvalue weighted by molar-refractivity contribution is 6.30. The van der Waals surface area contributed by atoms with Gasteiger partial charge < -0.3 is 33.5 Å². The fourth-order valence-electron chi connectivity index (χ4n) is 4.45. The fraction of sp³-hybridized carbons (Fsp3) is 0.440. The number of carbonyl (C=O) groups is 2. The number of amides is 2. The van der Waals surface area contributed by atoms with E-state index in [-0.39, 0.29) is 44.8 Å². The van der Waals surface area contributed by atoms with Crippen molar-refractivity contribution in [2.45, 2.75) is 12.0 Å². The molecular weight excluding hydrogens is 476 g/mol. The van der Waals surface area contributed by atoms with Crippen LogP contribution in [0.5, 0.6) is 17.2 Å². The monoisotopic (exact) mass is 502 g/mol. The van der Waals surface area contributed by atoms with Gasteiger partial charge in [-0.1, -0.05) is 17.7 Å². The van der Waals surface area contributed by atoms with Crippen molar-refractivity contribution in [3.05, 3.63) is 53.1 Å². The van der Waals surface area contributed by atoms with E-state index in [4.69, 9.17) is 35.3 Å². The van der Waals surface area contributed by atoms with Crippen LogP contribution in [-0.2, 0) is 14.3 Å². The minimum Gasteiger partial charge on any atom is -0.490 e. The molecule has 2 saturated heterocycles. The van der Waals surface area contributed by atoms with E-state index < -0.39 is 5.60 Å². The quantitative estimate of drug-likeness (QED) is 0.600. The first-order valence-electron chi connectivity index (χ1n) is 11.6. The Morgan fingerprint density at radius 3 is 2.60 bits per heavy atom. The molecule has 5 rings (SSSR count). The molecule has 2 fully saturated rings. The summed E-state index contributed by atoms with van der Waals surface area (Å²) in [6.45, 7) is 3.20. The highest BCUT2D eigenvalue weighted by atomic mass is 35.5. The number of nitrogens with zero attached hydrogens (tertiary/aromatic N) is 2. The Balaban J connectivity index is 1.35. The van der Waals surface area contributed by atoms with Crippen molar-refractivity contribution in [3.8, 4) is 17.2 Å². The lowest BCUT2D eigenvalue weighted by Crippen LogP contribution is -2.58. The summed E-state index contributed by atoms with van der Waals surface area (Å²) >= 11 is 6.10. The molecule has 3 heterocycles. The first-order valence-corrected chi connectivity index (χ1v) is 12.0. The first kappa shape index (κ1) is 23.7. The highest BCUT2D eigenvalue weighted by Gasteiger charge is 2.42. The van der Waals surface area contributed by atoms with E-state index in [0.29, 0.717) is 60.7 Å². The Morgan fingerprint density at radius 2 is 1.77 bits per heavy atom. The molecule has 186 valence electrons. The zero-order valence-corrected chi connectivity index (χ0v) is 20.0. The smallest absolute Gasteiger partial charge is 0.254 e. The number of carbonyl (C=O) groups excluding carboxylic acids is 2. The summed E-state index contributed by atoms with van der Waals surface area (Å²) in [4.78, 5) is 30.1. The molecule has 35 heavy (non-hydrogen) atoms. The van der Waals surface area contributed by atoms with Crippen molar-refractivity contribution in [3.63, 3.8) is 0 Å². The van der Waals surface area contributed by atoms with Crippen LogP contribution in [0.2, 0.25) is 5.02 Å². The molecule has 0 spiro atoms. The van der Waals surface area contributed by atoms with Crippen LogP contribution in [0, 0.1) is 0 Å². The maximum atomic E-state index is 13.4. The van der Waals surface area contributed by atoms with Crippen LogP contribution in [0.3, 0.4) is 0 Å². The lowest BCUT2D eigenvalue weighted by Gasteiger charge is -2.43. The third-order valence-electron chi connectivity index (χ3n) is 6.29. The van der Waals surface area contributed by atoms with E-state index in [0.717, 1.165) is 0 Å². The summed E-state index contributed by atoms with van der Waals surface area (Å²) in [6.07, 6.45) is 0.0818. The summed E-state index contributed by atoms with van der Waals surface area (Å²) in [5.74, 6) is 1.50. The second-order valence-electron chi connectivity index (χ2n) is 8.74. The fourth-order valence-corrected chi connectivity index (χ4v) is 4.63. The minimum absolute atomic E-state index is 0.0552. The SMILES string of the molecule is O=C(C[C@@]1(COc2cccc(Cl)c2)CN(C(=O)c2ccc3c(c2)OCO3)CCO1)N1CCOCC1. The van der Waals surface area contributed by atoms with Crippen LogP contribution < -0.4 is 14.2 Å². The third-order valence-corrected chi connectivity index (χ3v) is 6.53. The van der Waals surface area contributed by atoms with Crippen molar-refractivity contribution in [1.29, 1.82) is 0 Å². The number of rotatable bonds is 6. The Morgan fingerprint density at radius 1 is 0.971 bits per heavy atom. The highest BCUT2D eigenvalue weighted by Crippen LogP contribution is 2.34. The average molecular weight is 503 g/mol. The molecule has 0 aromatic heterocycles. The molecule has 0 bridgehead atoms. The molecule has 0 unspecified atom stereocenters. The number of fused-ring (bicyclic) bond motifs is 1. The zero-order valence-electron chi connectivity index (χ0n) is 19.2. The maximum Gasteiger partial charge on any atom is 0.254 e. The van der Waals surface area contributed by atoms with Gasteiger partial charge in [-0.2, -0.15) is 0 Å². The molecule has 0 radical (unpaired) electrons. The molecule has 2 amide bonds. The number of hydrogen-bond donors (Lipinski definition) is 0. The lowest BCUT2D eigenvalue weighted by molar-refractivity contribution is -0.155. The average Bonchev–Trinajstić information content (AvgIpc) is 3.36. The molecule has 0 aliphatic carbocycles. The van der Waals surface area contributed by atoms with E-state index in [9.17, 15) is 9.59 Å². The standard InChI is InChI=1S/C25H27ClN2O7/c26-19-2-1-3-20(13-19)32-16-25(14-23(29)27-6-9-31-10-7-27)15-28(8-11-35-25)24(30)18-4-5-21-22(12-18)34-17-33-21/h1-5,12-13H,6-11,14-17H2/t25-/m0/s1. The van der Waals surface area contributed by atoms with E-state index in [2.05, 4.69) is 0 Å². The van der Waals surface area contributed by atoms with Gasteiger partial charge in [0.25, 0.3) is 5.91 Å². The second kappa shape index (κ2) is 10.3. The summed E-state index contributed by atoms with van der Waals surface area (Å²) in [5.41, 5.74) is -0.526. The Bertz CT molecular complexity index is 1090.